The molecular weight excluding hydrogens is 455 g/mol. The predicted octanol–water partition coefficient (Wildman–Crippen LogP) is 2.62. The van der Waals surface area contributed by atoms with Crippen LogP contribution in [0.3, 0.4) is 0 Å². The van der Waals surface area contributed by atoms with Gasteiger partial charge in [-0.05, 0) is 31.9 Å². The van der Waals surface area contributed by atoms with Crippen LogP contribution in [0.2, 0.25) is 10.0 Å². The van der Waals surface area contributed by atoms with E-state index in [2.05, 4.69) is 5.32 Å². The van der Waals surface area contributed by atoms with Gasteiger partial charge in [-0.3, -0.25) is 4.79 Å². The van der Waals surface area contributed by atoms with Crippen LogP contribution in [-0.4, -0.2) is 63.0 Å². The quantitative estimate of drug-likeness (QED) is 0.630. The summed E-state index contributed by atoms with van der Waals surface area (Å²) in [5, 5.41) is 2.69. The first-order valence-corrected chi connectivity index (χ1v) is 12.0. The van der Waals surface area contributed by atoms with Gasteiger partial charge < -0.3 is 14.8 Å². The number of hydrogen-bond donors (Lipinski definition) is 1. The lowest BCUT2D eigenvalue weighted by Gasteiger charge is -2.26. The first-order chi connectivity index (χ1) is 14.2. The van der Waals surface area contributed by atoms with Crippen molar-refractivity contribution in [1.29, 1.82) is 0 Å². The van der Waals surface area contributed by atoms with Crippen LogP contribution < -0.4 is 5.32 Å². The van der Waals surface area contributed by atoms with Crippen LogP contribution >= 0.6 is 23.2 Å². The fraction of sp³-hybridized carbons (Fsp3) is 0.579. The number of morpholine rings is 1. The Kier molecular flexibility index (Phi) is 7.62. The first-order valence-electron chi connectivity index (χ1n) is 9.78. The smallest absolute Gasteiger partial charge is 0.340 e. The van der Waals surface area contributed by atoms with Crippen molar-refractivity contribution in [3.63, 3.8) is 0 Å². The molecule has 30 heavy (non-hydrogen) atoms. The molecule has 1 heterocycles. The number of amides is 1. The maximum Gasteiger partial charge on any atom is 0.340 e. The van der Waals surface area contributed by atoms with Crippen LogP contribution in [0.4, 0.5) is 0 Å². The molecule has 1 amide bonds. The Morgan fingerprint density at radius 1 is 1.17 bits per heavy atom. The average molecular weight is 479 g/mol. The Labute approximate surface area is 185 Å². The van der Waals surface area contributed by atoms with E-state index < -0.39 is 28.0 Å². The van der Waals surface area contributed by atoms with Crippen LogP contribution in [-0.2, 0) is 24.3 Å². The van der Waals surface area contributed by atoms with Gasteiger partial charge in [-0.1, -0.05) is 36.0 Å². The van der Waals surface area contributed by atoms with E-state index in [0.717, 1.165) is 31.7 Å². The molecule has 2 fully saturated rings. The predicted molar refractivity (Wildman–Crippen MR) is 111 cm³/mol. The molecule has 1 aromatic carbocycles. The summed E-state index contributed by atoms with van der Waals surface area (Å²) in [6.07, 6.45) is 2.86. The number of rotatable bonds is 6. The molecule has 1 aromatic rings. The fourth-order valence-electron chi connectivity index (χ4n) is 3.48. The molecule has 0 spiro atoms. The number of halogens is 2. The summed E-state index contributed by atoms with van der Waals surface area (Å²) in [6, 6.07) is 2.37. The summed E-state index contributed by atoms with van der Waals surface area (Å²) in [4.78, 5) is 24.7. The van der Waals surface area contributed by atoms with Crippen molar-refractivity contribution in [2.75, 3.05) is 26.3 Å². The Hall–Kier alpha value is -1.39. The Morgan fingerprint density at radius 2 is 1.80 bits per heavy atom. The maximum absolute atomic E-state index is 12.9. The molecule has 0 aromatic heterocycles. The van der Waals surface area contributed by atoms with E-state index in [9.17, 15) is 18.0 Å². The number of carbonyl (C=O) groups excluding carboxylic acids is 2. The van der Waals surface area contributed by atoms with Crippen molar-refractivity contribution < 1.29 is 27.5 Å². The Morgan fingerprint density at radius 3 is 2.43 bits per heavy atom. The van der Waals surface area contributed by atoms with Gasteiger partial charge >= 0.3 is 5.97 Å². The normalized spacial score (nSPS) is 19.4. The molecule has 1 N–H and O–H groups in total. The summed E-state index contributed by atoms with van der Waals surface area (Å²) < 4.78 is 37.5. The van der Waals surface area contributed by atoms with E-state index in [-0.39, 0.29) is 52.8 Å². The summed E-state index contributed by atoms with van der Waals surface area (Å²) in [6.45, 7) is 2.36. The summed E-state index contributed by atoms with van der Waals surface area (Å²) in [5.41, 5.74) is -0.173. The minimum absolute atomic E-state index is 0.0608. The number of benzene rings is 1. The molecule has 1 aliphatic carbocycles. The lowest BCUT2D eigenvalue weighted by atomic mass is 10.2. The Bertz CT molecular complexity index is 912. The van der Waals surface area contributed by atoms with E-state index in [0.29, 0.717) is 0 Å². The van der Waals surface area contributed by atoms with Crippen LogP contribution in [0.5, 0.6) is 0 Å². The van der Waals surface area contributed by atoms with Gasteiger partial charge in [-0.2, -0.15) is 4.31 Å². The standard InChI is InChI=1S/C19H24Cl2N2O6S/c1-12(18(24)22-13-4-2-3-5-13)29-19(25)14-10-17(16(21)11-15(14)20)30(26,27)23-6-8-28-9-7-23/h10-13H,2-9H2,1H3,(H,22,24)/t12-/m1/s1. The van der Waals surface area contributed by atoms with Gasteiger partial charge in [-0.15, -0.1) is 0 Å². The van der Waals surface area contributed by atoms with Gasteiger partial charge in [0.05, 0.1) is 28.8 Å². The minimum Gasteiger partial charge on any atom is -0.449 e. The highest BCUT2D eigenvalue weighted by atomic mass is 35.5. The third-order valence-corrected chi connectivity index (χ3v) is 7.86. The minimum atomic E-state index is -3.95. The van der Waals surface area contributed by atoms with Crippen molar-refractivity contribution in [2.45, 2.75) is 49.6 Å². The van der Waals surface area contributed by atoms with Gasteiger partial charge in [0.1, 0.15) is 4.90 Å². The summed E-state index contributed by atoms with van der Waals surface area (Å²) in [5.74, 6) is -1.30. The average Bonchev–Trinajstić information content (AvgIpc) is 3.21. The molecule has 1 aliphatic heterocycles. The van der Waals surface area contributed by atoms with Crippen molar-refractivity contribution in [3.05, 3.63) is 27.7 Å². The second-order valence-electron chi connectivity index (χ2n) is 7.32. The second kappa shape index (κ2) is 9.82. The molecule has 1 atom stereocenters. The van der Waals surface area contributed by atoms with Crippen molar-refractivity contribution in [1.82, 2.24) is 9.62 Å². The van der Waals surface area contributed by atoms with Gasteiger partial charge in [0.15, 0.2) is 6.10 Å². The second-order valence-corrected chi connectivity index (χ2v) is 10.0. The molecule has 0 radical (unpaired) electrons. The molecule has 3 rings (SSSR count). The van der Waals surface area contributed by atoms with Crippen molar-refractivity contribution in [3.8, 4) is 0 Å². The molecular formula is C19H24Cl2N2O6S. The van der Waals surface area contributed by atoms with Crippen molar-refractivity contribution in [2.24, 2.45) is 0 Å². The van der Waals surface area contributed by atoms with Gasteiger partial charge in [0.2, 0.25) is 10.0 Å². The highest BCUT2D eigenvalue weighted by molar-refractivity contribution is 7.89. The zero-order valence-electron chi connectivity index (χ0n) is 16.5. The molecule has 0 bridgehead atoms. The molecule has 1 saturated carbocycles. The molecule has 1 saturated heterocycles. The zero-order valence-corrected chi connectivity index (χ0v) is 18.9. The molecule has 11 heteroatoms. The van der Waals surface area contributed by atoms with E-state index >= 15 is 0 Å². The van der Waals surface area contributed by atoms with Crippen LogP contribution in [0, 0.1) is 0 Å². The molecule has 8 nitrogen and oxygen atoms in total. The first kappa shape index (κ1) is 23.3. The number of hydrogen-bond acceptors (Lipinski definition) is 6. The zero-order chi connectivity index (χ0) is 21.9. The molecule has 0 unspecified atom stereocenters. The van der Waals surface area contributed by atoms with Gasteiger partial charge in [0.25, 0.3) is 5.91 Å². The van der Waals surface area contributed by atoms with E-state index in [4.69, 9.17) is 32.7 Å². The number of sulfonamides is 1. The topological polar surface area (TPSA) is 102 Å². The molecule has 166 valence electrons. The third-order valence-electron chi connectivity index (χ3n) is 5.18. The summed E-state index contributed by atoms with van der Waals surface area (Å²) in [7, 11) is -3.95. The Balaban J connectivity index is 1.77. The lowest BCUT2D eigenvalue weighted by molar-refractivity contribution is -0.129. The van der Waals surface area contributed by atoms with E-state index in [1.807, 2.05) is 0 Å². The number of ether oxygens (including phenoxy) is 2. The fourth-order valence-corrected chi connectivity index (χ4v) is 5.71. The number of esters is 1. The van der Waals surface area contributed by atoms with Crippen LogP contribution in [0.1, 0.15) is 43.0 Å². The third kappa shape index (κ3) is 5.26. The van der Waals surface area contributed by atoms with E-state index in [1.165, 1.54) is 17.3 Å². The summed E-state index contributed by atoms with van der Waals surface area (Å²) >= 11 is 12.2. The van der Waals surface area contributed by atoms with Crippen molar-refractivity contribution >= 4 is 45.1 Å². The molecule has 2 aliphatic rings. The monoisotopic (exact) mass is 478 g/mol. The van der Waals surface area contributed by atoms with E-state index in [1.54, 1.807) is 0 Å². The highest BCUT2D eigenvalue weighted by Crippen LogP contribution is 2.31. The largest absolute Gasteiger partial charge is 0.449 e. The SMILES string of the molecule is C[C@@H](OC(=O)c1cc(S(=O)(=O)N2CCOCC2)c(Cl)cc1Cl)C(=O)NC1CCCC1. The van der Waals surface area contributed by atoms with Gasteiger partial charge in [0, 0.05) is 19.1 Å². The number of nitrogens with zero attached hydrogens (tertiary/aromatic N) is 1. The van der Waals surface area contributed by atoms with Crippen LogP contribution in [0.25, 0.3) is 0 Å². The lowest BCUT2D eigenvalue weighted by Crippen LogP contribution is -2.41. The highest BCUT2D eigenvalue weighted by Gasteiger charge is 2.31. The number of carbonyl (C=O) groups is 2. The van der Waals surface area contributed by atoms with Gasteiger partial charge in [-0.25, -0.2) is 13.2 Å². The maximum atomic E-state index is 12.9. The number of nitrogens with one attached hydrogen (secondary N) is 1. The van der Waals surface area contributed by atoms with Crippen LogP contribution in [0.15, 0.2) is 17.0 Å².